The summed E-state index contributed by atoms with van der Waals surface area (Å²) >= 11 is 0. The molecule has 5 rings (SSSR count). The molecule has 1 heterocycles. The number of aromatic amines is 1. The maximum atomic E-state index is 14.0. The Kier molecular flexibility index (Phi) is 10.3. The normalized spacial score (nSPS) is 12.4. The molecule has 7 nitrogen and oxygen atoms in total. The van der Waals surface area contributed by atoms with Gasteiger partial charge in [0, 0.05) is 11.1 Å². The molecule has 0 saturated carbocycles. The lowest BCUT2D eigenvalue weighted by Crippen LogP contribution is -2.34. The molecule has 48 heavy (non-hydrogen) atoms. The second-order valence-corrected chi connectivity index (χ2v) is 13.4. The number of para-hydroxylation sites is 3. The summed E-state index contributed by atoms with van der Waals surface area (Å²) in [6.45, 7) is 15.2. The van der Waals surface area contributed by atoms with Crippen LogP contribution in [0.3, 0.4) is 0 Å². The van der Waals surface area contributed by atoms with Gasteiger partial charge in [-0.2, -0.15) is 0 Å². The van der Waals surface area contributed by atoms with Crippen LogP contribution in [-0.2, 0) is 15.6 Å². The van der Waals surface area contributed by atoms with Crippen molar-refractivity contribution < 1.29 is 14.3 Å². The van der Waals surface area contributed by atoms with Crippen molar-refractivity contribution in [3.63, 3.8) is 0 Å². The fraction of sp³-hybridized carbons (Fsp3) is 0.317. The Balaban J connectivity index is 1.49. The molecule has 0 aliphatic carbocycles. The minimum atomic E-state index is -0.758. The van der Waals surface area contributed by atoms with Crippen LogP contribution in [0.4, 0.5) is 5.69 Å². The molecular weight excluding hydrogens is 598 g/mol. The van der Waals surface area contributed by atoms with Crippen molar-refractivity contribution in [3.8, 4) is 34.2 Å². The summed E-state index contributed by atoms with van der Waals surface area (Å²) in [6.07, 6.45) is 1.63. The quantitative estimate of drug-likeness (QED) is 0.133. The van der Waals surface area contributed by atoms with E-state index in [2.05, 4.69) is 64.1 Å². The van der Waals surface area contributed by atoms with Crippen LogP contribution < -0.4 is 20.3 Å². The molecule has 0 spiro atoms. The third-order valence-electron chi connectivity index (χ3n) is 9.47. The zero-order chi connectivity index (χ0) is 34.5. The van der Waals surface area contributed by atoms with E-state index in [0.717, 1.165) is 24.0 Å². The van der Waals surface area contributed by atoms with Gasteiger partial charge in [-0.05, 0) is 66.0 Å². The van der Waals surface area contributed by atoms with Crippen LogP contribution in [-0.4, -0.2) is 21.8 Å². The number of ether oxygens (including phenoxy) is 2. The summed E-state index contributed by atoms with van der Waals surface area (Å²) in [4.78, 5) is 27.9. The average molecular weight is 646 g/mol. The van der Waals surface area contributed by atoms with E-state index in [-0.39, 0.29) is 28.0 Å². The van der Waals surface area contributed by atoms with Gasteiger partial charge in [-0.25, -0.2) is 4.68 Å². The molecule has 0 aliphatic rings. The maximum absolute atomic E-state index is 14.0. The number of anilines is 1. The van der Waals surface area contributed by atoms with Crippen molar-refractivity contribution in [2.24, 2.45) is 0 Å². The average Bonchev–Trinajstić information content (AvgIpc) is 3.42. The number of hydrogen-bond acceptors (Lipinski definition) is 4. The van der Waals surface area contributed by atoms with Crippen molar-refractivity contribution in [1.29, 1.82) is 0 Å². The predicted molar refractivity (Wildman–Crippen MR) is 195 cm³/mol. The van der Waals surface area contributed by atoms with Gasteiger partial charge in [0.2, 0.25) is 5.75 Å². The van der Waals surface area contributed by atoms with Crippen LogP contribution in [0.5, 0.6) is 17.2 Å². The minimum absolute atomic E-state index is 0.0185. The number of nitrogens with one attached hydrogen (secondary N) is 2. The third kappa shape index (κ3) is 7.25. The van der Waals surface area contributed by atoms with Crippen LogP contribution in [0, 0.1) is 0 Å². The second kappa shape index (κ2) is 14.4. The fourth-order valence-corrected chi connectivity index (χ4v) is 5.53. The Morgan fingerprint density at radius 1 is 0.812 bits per heavy atom. The van der Waals surface area contributed by atoms with Gasteiger partial charge in [0.1, 0.15) is 17.2 Å². The van der Waals surface area contributed by atoms with Crippen molar-refractivity contribution >= 4 is 11.6 Å². The molecule has 0 fully saturated rings. The highest BCUT2D eigenvalue weighted by Gasteiger charge is 2.29. The minimum Gasteiger partial charge on any atom is -0.480 e. The van der Waals surface area contributed by atoms with Gasteiger partial charge in [-0.15, -0.1) is 0 Å². The molecule has 2 N–H and O–H groups in total. The molecule has 1 unspecified atom stereocenters. The van der Waals surface area contributed by atoms with Crippen LogP contribution in [0.2, 0.25) is 0 Å². The van der Waals surface area contributed by atoms with E-state index in [1.807, 2.05) is 73.7 Å². The number of hydrogen-bond donors (Lipinski definition) is 2. The molecule has 1 amide bonds. The van der Waals surface area contributed by atoms with E-state index < -0.39 is 6.10 Å². The maximum Gasteiger partial charge on any atom is 0.314 e. The number of carbonyl (C=O) groups is 1. The Morgan fingerprint density at radius 2 is 1.44 bits per heavy atom. The monoisotopic (exact) mass is 645 g/mol. The molecule has 1 atom stereocenters. The molecule has 5 aromatic rings. The van der Waals surface area contributed by atoms with Crippen LogP contribution in [0.15, 0.2) is 108 Å². The van der Waals surface area contributed by atoms with E-state index in [9.17, 15) is 9.59 Å². The summed E-state index contributed by atoms with van der Waals surface area (Å²) in [7, 11) is 0. The van der Waals surface area contributed by atoms with Crippen molar-refractivity contribution in [2.45, 2.75) is 84.7 Å². The first-order chi connectivity index (χ1) is 23.0. The Labute approximate surface area is 283 Å². The van der Waals surface area contributed by atoms with E-state index in [0.29, 0.717) is 35.0 Å². The summed E-state index contributed by atoms with van der Waals surface area (Å²) < 4.78 is 14.1. The van der Waals surface area contributed by atoms with Gasteiger partial charge in [0.05, 0.1) is 11.4 Å². The van der Waals surface area contributed by atoms with Crippen molar-refractivity contribution in [1.82, 2.24) is 9.78 Å². The van der Waals surface area contributed by atoms with Crippen LogP contribution in [0.25, 0.3) is 16.9 Å². The number of amides is 1. The lowest BCUT2D eigenvalue weighted by Gasteiger charge is -2.31. The standard InChI is InChI=1S/C41H47N3O4/c1-8-34(48-35-26-25-29(40(4,5)9-2)27-31(35)41(6,7)10-3)38(45)42-32-23-17-18-24-33(32)44-39(46)37(47-30-21-15-12-16-22-30)36(43-44)28-19-13-11-14-20-28/h11-27,34,43H,8-10H2,1-7H3,(H,42,45). The number of H-pyrrole nitrogens is 1. The smallest absolute Gasteiger partial charge is 0.314 e. The van der Waals surface area contributed by atoms with Crippen LogP contribution in [0.1, 0.15) is 78.9 Å². The summed E-state index contributed by atoms with van der Waals surface area (Å²) in [6, 6.07) is 32.3. The van der Waals surface area contributed by atoms with Crippen molar-refractivity contribution in [2.75, 3.05) is 5.32 Å². The van der Waals surface area contributed by atoms with Gasteiger partial charge in [-0.3, -0.25) is 14.7 Å². The molecule has 250 valence electrons. The van der Waals surface area contributed by atoms with Crippen LogP contribution >= 0.6 is 0 Å². The second-order valence-electron chi connectivity index (χ2n) is 13.4. The largest absolute Gasteiger partial charge is 0.480 e. The summed E-state index contributed by atoms with van der Waals surface area (Å²) in [5, 5.41) is 6.31. The molecule has 0 bridgehead atoms. The van der Waals surface area contributed by atoms with Gasteiger partial charge < -0.3 is 14.8 Å². The van der Waals surface area contributed by atoms with E-state index in [1.165, 1.54) is 10.2 Å². The summed E-state index contributed by atoms with van der Waals surface area (Å²) in [5.41, 5.74) is 4.09. The lowest BCUT2D eigenvalue weighted by molar-refractivity contribution is -0.122. The Bertz CT molecular complexity index is 1910. The van der Waals surface area contributed by atoms with Gasteiger partial charge >= 0.3 is 5.56 Å². The zero-order valence-electron chi connectivity index (χ0n) is 29.1. The number of aromatic nitrogens is 2. The zero-order valence-corrected chi connectivity index (χ0v) is 29.1. The number of rotatable bonds is 13. The first-order valence-corrected chi connectivity index (χ1v) is 16.8. The first-order valence-electron chi connectivity index (χ1n) is 16.8. The number of nitrogens with zero attached hydrogens (tertiary/aromatic N) is 1. The SMILES string of the molecule is CCC(Oc1ccc(C(C)(C)CC)cc1C(C)(C)CC)C(=O)Nc1ccccc1-n1[nH]c(-c2ccccc2)c(Oc2ccccc2)c1=O. The molecule has 1 aromatic heterocycles. The Hall–Kier alpha value is -5.04. The number of benzene rings is 4. The van der Waals surface area contributed by atoms with Gasteiger partial charge in [0.25, 0.3) is 5.91 Å². The van der Waals surface area contributed by atoms with Crippen molar-refractivity contribution in [3.05, 3.63) is 125 Å². The summed E-state index contributed by atoms with van der Waals surface area (Å²) in [5.74, 6) is 1.11. The Morgan fingerprint density at radius 3 is 2.08 bits per heavy atom. The predicted octanol–water partition coefficient (Wildman–Crippen LogP) is 9.80. The van der Waals surface area contributed by atoms with E-state index >= 15 is 0 Å². The molecule has 0 aliphatic heterocycles. The van der Waals surface area contributed by atoms with E-state index in [4.69, 9.17) is 9.47 Å². The van der Waals surface area contributed by atoms with E-state index in [1.54, 1.807) is 24.3 Å². The van der Waals surface area contributed by atoms with Gasteiger partial charge in [-0.1, -0.05) is 121 Å². The molecule has 0 radical (unpaired) electrons. The van der Waals surface area contributed by atoms with Gasteiger partial charge in [0.15, 0.2) is 6.10 Å². The third-order valence-corrected chi connectivity index (χ3v) is 9.47. The highest BCUT2D eigenvalue weighted by atomic mass is 16.5. The molecule has 4 aromatic carbocycles. The first kappa shape index (κ1) is 34.3. The molecular formula is C41H47N3O4. The molecule has 7 heteroatoms. The highest BCUT2D eigenvalue weighted by Crippen LogP contribution is 2.39. The topological polar surface area (TPSA) is 85.3 Å². The number of carbonyl (C=O) groups excluding carboxylic acids is 1. The lowest BCUT2D eigenvalue weighted by atomic mass is 9.76. The fourth-order valence-electron chi connectivity index (χ4n) is 5.53. The highest BCUT2D eigenvalue weighted by molar-refractivity contribution is 5.96. The molecule has 0 saturated heterocycles.